The second-order valence-corrected chi connectivity index (χ2v) is 7.35. The van der Waals surface area contributed by atoms with Crippen molar-refractivity contribution in [2.75, 3.05) is 47.2 Å². The molecule has 1 aliphatic heterocycles. The Morgan fingerprint density at radius 1 is 1.29 bits per heavy atom. The average molecular weight is 429 g/mol. The van der Waals surface area contributed by atoms with Gasteiger partial charge in [0, 0.05) is 31.8 Å². The largest absolute Gasteiger partial charge is 0.394 e. The number of hydrogen-bond donors (Lipinski definition) is 4. The number of hydrogen-bond acceptors (Lipinski definition) is 9. The fourth-order valence-corrected chi connectivity index (χ4v) is 3.03. The van der Waals surface area contributed by atoms with E-state index in [1.807, 2.05) is 13.8 Å². The number of nitrogens with one attached hydrogen (secondary N) is 3. The zero-order valence-corrected chi connectivity index (χ0v) is 17.8. The Morgan fingerprint density at radius 3 is 2.74 bits per heavy atom. The van der Waals surface area contributed by atoms with E-state index in [0.717, 1.165) is 0 Å². The lowest BCUT2D eigenvalue weighted by Gasteiger charge is -2.34. The molecule has 0 spiro atoms. The maximum atomic E-state index is 12.7. The monoisotopic (exact) mass is 429 g/mol. The van der Waals surface area contributed by atoms with Crippen LogP contribution in [-0.2, 0) is 9.53 Å². The molecule has 4 N–H and O–H groups in total. The molecule has 0 saturated carbocycles. The molecule has 3 rings (SSSR count). The third-order valence-electron chi connectivity index (χ3n) is 4.60. The first kappa shape index (κ1) is 22.4. The predicted molar refractivity (Wildman–Crippen MR) is 116 cm³/mol. The molecule has 0 bridgehead atoms. The van der Waals surface area contributed by atoms with E-state index >= 15 is 0 Å². The Hall–Kier alpha value is -3.31. The number of pyridine rings is 1. The van der Waals surface area contributed by atoms with Gasteiger partial charge < -0.3 is 25.4 Å². The number of morpholine rings is 1. The van der Waals surface area contributed by atoms with Crippen LogP contribution < -0.4 is 20.9 Å². The molecule has 31 heavy (non-hydrogen) atoms. The second kappa shape index (κ2) is 10.1. The predicted octanol–water partition coefficient (Wildman–Crippen LogP) is 1.10. The van der Waals surface area contributed by atoms with Crippen LogP contribution in [-0.4, -0.2) is 70.3 Å². The molecule has 1 aliphatic rings. The molecule has 0 aromatic carbocycles. The molecule has 2 atom stereocenters. The van der Waals surface area contributed by atoms with Gasteiger partial charge in [-0.15, -0.1) is 0 Å². The molecular formula is C20H27N7O4. The number of aliphatic hydroxyl groups is 1. The topological polar surface area (TPSA) is 142 Å². The molecule has 11 nitrogen and oxygen atoms in total. The Bertz CT molecular complexity index is 922. The molecular weight excluding hydrogens is 402 g/mol. The maximum absolute atomic E-state index is 12.7. The Kier molecular flexibility index (Phi) is 7.32. The summed E-state index contributed by atoms with van der Waals surface area (Å²) >= 11 is 0. The highest BCUT2D eigenvalue weighted by Crippen LogP contribution is 2.23. The number of aliphatic hydroxyl groups excluding tert-OH is 1. The van der Waals surface area contributed by atoms with Gasteiger partial charge >= 0.3 is 0 Å². The summed E-state index contributed by atoms with van der Waals surface area (Å²) in [5.41, 5.74) is 0.293. The molecule has 3 heterocycles. The van der Waals surface area contributed by atoms with E-state index in [2.05, 4.69) is 35.8 Å². The first-order valence-electron chi connectivity index (χ1n) is 10.0. The van der Waals surface area contributed by atoms with Crippen LogP contribution in [0, 0.1) is 0 Å². The van der Waals surface area contributed by atoms with Gasteiger partial charge in [0.25, 0.3) is 5.91 Å². The molecule has 1 fully saturated rings. The molecule has 0 unspecified atom stereocenters. The van der Waals surface area contributed by atoms with Gasteiger partial charge in [-0.2, -0.15) is 9.97 Å². The van der Waals surface area contributed by atoms with E-state index in [0.29, 0.717) is 42.8 Å². The van der Waals surface area contributed by atoms with Gasteiger partial charge in [-0.1, -0.05) is 0 Å². The molecule has 2 aromatic heterocycles. The van der Waals surface area contributed by atoms with Gasteiger partial charge in [0.1, 0.15) is 17.5 Å². The molecule has 0 radical (unpaired) electrons. The smallest absolute Gasteiger partial charge is 0.259 e. The van der Waals surface area contributed by atoms with Crippen LogP contribution >= 0.6 is 0 Å². The van der Waals surface area contributed by atoms with Gasteiger partial charge in [0.2, 0.25) is 11.9 Å². The van der Waals surface area contributed by atoms with Crippen molar-refractivity contribution in [1.82, 2.24) is 15.0 Å². The van der Waals surface area contributed by atoms with Crippen molar-refractivity contribution in [2.45, 2.75) is 32.9 Å². The van der Waals surface area contributed by atoms with Crippen LogP contribution in [0.15, 0.2) is 24.4 Å². The highest BCUT2D eigenvalue weighted by Gasteiger charge is 2.22. The fraction of sp³-hybridized carbons (Fsp3) is 0.450. The van der Waals surface area contributed by atoms with Crippen LogP contribution in [0.2, 0.25) is 0 Å². The number of carbonyl (C=O) groups excluding carboxylic acids is 2. The molecule has 2 aromatic rings. The third-order valence-corrected chi connectivity index (χ3v) is 4.60. The van der Waals surface area contributed by atoms with Gasteiger partial charge in [-0.25, -0.2) is 4.98 Å². The number of nitrogens with zero attached hydrogens (tertiary/aromatic N) is 4. The lowest BCUT2D eigenvalue weighted by Crippen LogP contribution is -2.44. The number of ether oxygens (including phenoxy) is 1. The minimum Gasteiger partial charge on any atom is -0.394 e. The minimum atomic E-state index is -0.435. The average Bonchev–Trinajstić information content (AvgIpc) is 2.73. The van der Waals surface area contributed by atoms with Crippen molar-refractivity contribution in [3.8, 4) is 0 Å². The molecule has 166 valence electrons. The molecule has 1 saturated heterocycles. The van der Waals surface area contributed by atoms with Crippen molar-refractivity contribution in [3.05, 3.63) is 30.0 Å². The number of anilines is 4. The summed E-state index contributed by atoms with van der Waals surface area (Å²) in [6.45, 7) is 6.98. The molecule has 0 aliphatic carbocycles. The van der Waals surface area contributed by atoms with E-state index in [1.54, 1.807) is 18.2 Å². The quantitative estimate of drug-likeness (QED) is 0.509. The van der Waals surface area contributed by atoms with Crippen LogP contribution in [0.4, 0.5) is 23.4 Å². The molecule has 11 heteroatoms. The zero-order valence-electron chi connectivity index (χ0n) is 17.8. The summed E-state index contributed by atoms with van der Waals surface area (Å²) in [5, 5.41) is 17.7. The highest BCUT2D eigenvalue weighted by molar-refractivity contribution is 6.03. The van der Waals surface area contributed by atoms with Crippen LogP contribution in [0.5, 0.6) is 0 Å². The van der Waals surface area contributed by atoms with E-state index in [4.69, 9.17) is 4.74 Å². The summed E-state index contributed by atoms with van der Waals surface area (Å²) in [5.74, 6) is 0.931. The maximum Gasteiger partial charge on any atom is 0.259 e. The summed E-state index contributed by atoms with van der Waals surface area (Å²) < 4.78 is 5.50. The van der Waals surface area contributed by atoms with E-state index in [9.17, 15) is 14.7 Å². The SMILES string of the molecule is CC(=O)Nc1ccc(C(=O)Nc2nc(N[C@@H](C)CO)cc(N3CCOC[C@@H]3C)n2)cn1. The van der Waals surface area contributed by atoms with Gasteiger partial charge in [-0.3, -0.25) is 14.9 Å². The summed E-state index contributed by atoms with van der Waals surface area (Å²) in [6, 6.07) is 4.76. The number of rotatable bonds is 7. The van der Waals surface area contributed by atoms with E-state index in [-0.39, 0.29) is 30.5 Å². The van der Waals surface area contributed by atoms with Crippen LogP contribution in [0.1, 0.15) is 31.1 Å². The normalized spacial score (nSPS) is 17.0. The first-order valence-corrected chi connectivity index (χ1v) is 10.0. The Labute approximate surface area is 180 Å². The summed E-state index contributed by atoms with van der Waals surface area (Å²) in [7, 11) is 0. The van der Waals surface area contributed by atoms with Gasteiger partial charge in [0.15, 0.2) is 0 Å². The molecule has 2 amide bonds. The standard InChI is InChI=1S/C20H27N7O4/c1-12(10-28)22-17-8-18(27-6-7-31-11-13(27)2)25-20(24-17)26-19(30)15-4-5-16(21-9-15)23-14(3)29/h4-5,8-9,12-13,28H,6-7,10-11H2,1-3H3,(H,21,23,29)(H2,22,24,25,26,30)/t12-,13-/m0/s1. The van der Waals surface area contributed by atoms with E-state index < -0.39 is 5.91 Å². The van der Waals surface area contributed by atoms with Gasteiger partial charge in [-0.05, 0) is 26.0 Å². The lowest BCUT2D eigenvalue weighted by atomic mass is 10.2. The third kappa shape index (κ3) is 6.09. The zero-order chi connectivity index (χ0) is 22.4. The summed E-state index contributed by atoms with van der Waals surface area (Å²) in [6.07, 6.45) is 1.36. The van der Waals surface area contributed by atoms with Crippen LogP contribution in [0.25, 0.3) is 0 Å². The summed E-state index contributed by atoms with van der Waals surface area (Å²) in [4.78, 5) is 38.8. The first-order chi connectivity index (χ1) is 14.9. The van der Waals surface area contributed by atoms with Gasteiger partial charge in [0.05, 0.1) is 31.4 Å². The lowest BCUT2D eigenvalue weighted by molar-refractivity contribution is -0.114. The minimum absolute atomic E-state index is 0.0682. The van der Waals surface area contributed by atoms with Crippen molar-refractivity contribution < 1.29 is 19.4 Å². The Balaban J connectivity index is 1.82. The Morgan fingerprint density at radius 2 is 2.10 bits per heavy atom. The number of aromatic nitrogens is 3. The number of carbonyl (C=O) groups is 2. The van der Waals surface area contributed by atoms with Crippen molar-refractivity contribution >= 4 is 35.2 Å². The highest BCUT2D eigenvalue weighted by atomic mass is 16.5. The number of amides is 2. The van der Waals surface area contributed by atoms with E-state index in [1.165, 1.54) is 13.1 Å². The van der Waals surface area contributed by atoms with Crippen molar-refractivity contribution in [1.29, 1.82) is 0 Å². The van der Waals surface area contributed by atoms with Crippen LogP contribution in [0.3, 0.4) is 0 Å². The second-order valence-electron chi connectivity index (χ2n) is 7.35. The van der Waals surface area contributed by atoms with Crippen molar-refractivity contribution in [2.24, 2.45) is 0 Å². The van der Waals surface area contributed by atoms with Crippen molar-refractivity contribution in [3.63, 3.8) is 0 Å². The fourth-order valence-electron chi connectivity index (χ4n) is 3.03.